The van der Waals surface area contributed by atoms with Gasteiger partial charge in [0, 0.05) is 6.54 Å². The van der Waals surface area contributed by atoms with Gasteiger partial charge in [-0.3, -0.25) is 0 Å². The summed E-state index contributed by atoms with van der Waals surface area (Å²) in [5.41, 5.74) is 7.29. The predicted molar refractivity (Wildman–Crippen MR) is 96.1 cm³/mol. The highest BCUT2D eigenvalue weighted by molar-refractivity contribution is 8.93. The highest BCUT2D eigenvalue weighted by Crippen LogP contribution is 2.38. The van der Waals surface area contributed by atoms with E-state index in [0.29, 0.717) is 0 Å². The number of hydrogen-bond acceptors (Lipinski definition) is 1. The van der Waals surface area contributed by atoms with Crippen LogP contribution in [0.15, 0.2) is 60.2 Å². The molecular formula is C19H22BrN. The minimum Gasteiger partial charge on any atom is -0.309 e. The Morgan fingerprint density at radius 2 is 1.57 bits per heavy atom. The van der Waals surface area contributed by atoms with Crippen LogP contribution < -0.4 is 0 Å². The number of hydrogen-bond donors (Lipinski definition) is 0. The van der Waals surface area contributed by atoms with E-state index in [2.05, 4.69) is 73.6 Å². The van der Waals surface area contributed by atoms with Crippen molar-refractivity contribution >= 4 is 22.6 Å². The highest BCUT2D eigenvalue weighted by Gasteiger charge is 2.21. The molecule has 0 saturated heterocycles. The second kappa shape index (κ2) is 7.06. The molecule has 3 rings (SSSR count). The van der Waals surface area contributed by atoms with Crippen molar-refractivity contribution < 1.29 is 0 Å². The van der Waals surface area contributed by atoms with Gasteiger partial charge in [-0.25, -0.2) is 0 Å². The van der Waals surface area contributed by atoms with Crippen molar-refractivity contribution in [3.8, 4) is 0 Å². The first-order valence-corrected chi connectivity index (χ1v) is 7.26. The monoisotopic (exact) mass is 343 g/mol. The molecule has 0 radical (unpaired) electrons. The minimum atomic E-state index is 0. The van der Waals surface area contributed by atoms with Crippen LogP contribution in [0.5, 0.6) is 0 Å². The number of fused-ring (bicyclic) bond motifs is 1. The molecule has 2 heteroatoms. The Balaban J connectivity index is 0.00000161. The molecule has 2 aromatic carbocycles. The van der Waals surface area contributed by atoms with Crippen LogP contribution in [0.1, 0.15) is 23.1 Å². The van der Waals surface area contributed by atoms with Crippen LogP contribution in [-0.2, 0) is 6.42 Å². The third-order valence-corrected chi connectivity index (χ3v) is 3.97. The number of nitrogens with zero attached hydrogens (tertiary/aromatic N) is 1. The summed E-state index contributed by atoms with van der Waals surface area (Å²) in [4.78, 5) is 2.26. The number of benzene rings is 2. The van der Waals surface area contributed by atoms with Crippen molar-refractivity contribution in [3.63, 3.8) is 0 Å². The van der Waals surface area contributed by atoms with E-state index in [-0.39, 0.29) is 17.0 Å². The summed E-state index contributed by atoms with van der Waals surface area (Å²) in [6, 6.07) is 19.6. The quantitative estimate of drug-likeness (QED) is 0.785. The molecule has 0 bridgehead atoms. The van der Waals surface area contributed by atoms with Crippen LogP contribution in [0, 0.1) is 0 Å². The van der Waals surface area contributed by atoms with E-state index < -0.39 is 0 Å². The zero-order valence-electron chi connectivity index (χ0n) is 12.7. The van der Waals surface area contributed by atoms with Crippen molar-refractivity contribution in [1.82, 2.24) is 4.90 Å². The van der Waals surface area contributed by atoms with Crippen molar-refractivity contribution in [2.45, 2.75) is 12.8 Å². The lowest BCUT2D eigenvalue weighted by atomic mass is 9.96. The third-order valence-electron chi connectivity index (χ3n) is 3.97. The Morgan fingerprint density at radius 3 is 2.29 bits per heavy atom. The molecule has 110 valence electrons. The van der Waals surface area contributed by atoms with Crippen molar-refractivity contribution in [3.05, 3.63) is 76.9 Å². The molecule has 0 unspecified atom stereocenters. The maximum absolute atomic E-state index is 2.26. The van der Waals surface area contributed by atoms with Crippen LogP contribution in [0.2, 0.25) is 0 Å². The van der Waals surface area contributed by atoms with E-state index in [4.69, 9.17) is 0 Å². The van der Waals surface area contributed by atoms with Gasteiger partial charge in [-0.1, -0.05) is 60.2 Å². The van der Waals surface area contributed by atoms with Crippen LogP contribution in [0.3, 0.4) is 0 Å². The van der Waals surface area contributed by atoms with Gasteiger partial charge in [0.15, 0.2) is 0 Å². The maximum Gasteiger partial charge on any atom is 0.00129 e. The highest BCUT2D eigenvalue weighted by atomic mass is 79.9. The summed E-state index contributed by atoms with van der Waals surface area (Å²) in [7, 11) is 4.29. The third kappa shape index (κ3) is 3.45. The molecule has 0 spiro atoms. The zero-order valence-corrected chi connectivity index (χ0v) is 14.4. The van der Waals surface area contributed by atoms with Gasteiger partial charge in [0.1, 0.15) is 0 Å². The molecule has 2 aromatic rings. The average Bonchev–Trinajstić information content (AvgIpc) is 2.84. The molecule has 0 amide bonds. The molecule has 21 heavy (non-hydrogen) atoms. The van der Waals surface area contributed by atoms with Crippen molar-refractivity contribution in [1.29, 1.82) is 0 Å². The van der Waals surface area contributed by atoms with E-state index in [1.54, 1.807) is 5.57 Å². The lowest BCUT2D eigenvalue weighted by Crippen LogP contribution is -2.13. The largest absolute Gasteiger partial charge is 0.309 e. The van der Waals surface area contributed by atoms with Gasteiger partial charge < -0.3 is 4.90 Å². The molecule has 0 heterocycles. The van der Waals surface area contributed by atoms with Crippen molar-refractivity contribution in [2.75, 3.05) is 20.6 Å². The molecule has 1 nitrogen and oxygen atoms in total. The molecule has 0 aliphatic heterocycles. The summed E-state index contributed by atoms with van der Waals surface area (Å²) in [6.07, 6.45) is 2.25. The maximum atomic E-state index is 2.26. The SMILES string of the molecule is Br.CN(C)CCC1=C(c2ccccc2)c2ccccc2C1. The smallest absolute Gasteiger partial charge is 0.00129 e. The lowest BCUT2D eigenvalue weighted by molar-refractivity contribution is 0.412. The Morgan fingerprint density at radius 1 is 0.905 bits per heavy atom. The first-order valence-electron chi connectivity index (χ1n) is 7.26. The van der Waals surface area contributed by atoms with Gasteiger partial charge in [-0.15, -0.1) is 17.0 Å². The van der Waals surface area contributed by atoms with Gasteiger partial charge in [0.25, 0.3) is 0 Å². The normalized spacial score (nSPS) is 13.3. The number of rotatable bonds is 4. The van der Waals surface area contributed by atoms with Crippen LogP contribution in [-0.4, -0.2) is 25.5 Å². The van der Waals surface area contributed by atoms with E-state index in [0.717, 1.165) is 19.4 Å². The van der Waals surface area contributed by atoms with Crippen LogP contribution in [0.4, 0.5) is 0 Å². The molecule has 0 N–H and O–H groups in total. The predicted octanol–water partition coefficient (Wildman–Crippen LogP) is 4.57. The molecular weight excluding hydrogens is 322 g/mol. The second-order valence-electron chi connectivity index (χ2n) is 5.73. The Hall–Kier alpha value is -1.38. The molecule has 0 atom stereocenters. The minimum absolute atomic E-state index is 0. The summed E-state index contributed by atoms with van der Waals surface area (Å²) < 4.78 is 0. The summed E-state index contributed by atoms with van der Waals surface area (Å²) in [5, 5.41) is 0. The summed E-state index contributed by atoms with van der Waals surface area (Å²) in [6.45, 7) is 1.11. The first-order chi connectivity index (χ1) is 9.75. The fourth-order valence-electron chi connectivity index (χ4n) is 2.96. The van der Waals surface area contributed by atoms with E-state index >= 15 is 0 Å². The van der Waals surface area contributed by atoms with E-state index in [1.165, 1.54) is 22.3 Å². The lowest BCUT2D eigenvalue weighted by Gasteiger charge is -2.12. The Labute approximate surface area is 138 Å². The molecule has 0 fully saturated rings. The standard InChI is InChI=1S/C19H21N.BrH/c1-20(2)13-12-17-14-16-10-6-7-11-18(16)19(17)15-8-4-3-5-9-15;/h3-11H,12-14H2,1-2H3;1H. The van der Waals surface area contributed by atoms with Crippen molar-refractivity contribution in [2.24, 2.45) is 0 Å². The van der Waals surface area contributed by atoms with Gasteiger partial charge >= 0.3 is 0 Å². The number of halogens is 1. The molecule has 1 aliphatic carbocycles. The Bertz CT molecular complexity index is 629. The molecule has 0 saturated carbocycles. The zero-order chi connectivity index (χ0) is 13.9. The summed E-state index contributed by atoms with van der Waals surface area (Å²) >= 11 is 0. The van der Waals surface area contributed by atoms with E-state index in [1.807, 2.05) is 0 Å². The summed E-state index contributed by atoms with van der Waals surface area (Å²) in [5.74, 6) is 0. The van der Waals surface area contributed by atoms with E-state index in [9.17, 15) is 0 Å². The van der Waals surface area contributed by atoms with Gasteiger partial charge in [-0.05, 0) is 49.2 Å². The van der Waals surface area contributed by atoms with Crippen LogP contribution in [0.25, 0.3) is 5.57 Å². The fraction of sp³-hybridized carbons (Fsp3) is 0.263. The fourth-order valence-corrected chi connectivity index (χ4v) is 2.96. The second-order valence-corrected chi connectivity index (χ2v) is 5.73. The molecule has 0 aromatic heterocycles. The molecule has 1 aliphatic rings. The topological polar surface area (TPSA) is 3.24 Å². The van der Waals surface area contributed by atoms with Gasteiger partial charge in [0.2, 0.25) is 0 Å². The van der Waals surface area contributed by atoms with Gasteiger partial charge in [-0.2, -0.15) is 0 Å². The van der Waals surface area contributed by atoms with Crippen LogP contribution >= 0.6 is 17.0 Å². The van der Waals surface area contributed by atoms with Gasteiger partial charge in [0.05, 0.1) is 0 Å². The average molecular weight is 344 g/mol. The first kappa shape index (κ1) is 16.0. The Kier molecular flexibility index (Phi) is 5.38.